The average Bonchev–Trinajstić information content (AvgIpc) is 3.04. The Kier molecular flexibility index (Phi) is 8.78. The zero-order valence-electron chi connectivity index (χ0n) is 25.4. The maximum absolute atomic E-state index is 12.2. The molecular weight excluding hydrogens is 562 g/mol. The standard InChI is InChI=1S/C38H35N3O4/c1-26-9-7-11-28(19-26)24-44-35-15-5-3-13-30(35)22-41(32-17-18-33-34(21-32)40-38(43)37(42)39-33)23-31-14-4-6-16-36(31)45-25-29-12-8-10-27(2)20-29/h3-21H,22-25H2,1-2H3,(H,39,42)(H,40,43). The smallest absolute Gasteiger partial charge is 0.314 e. The Morgan fingerprint density at radius 3 is 1.60 bits per heavy atom. The molecule has 0 bridgehead atoms. The Balaban J connectivity index is 1.32. The normalized spacial score (nSPS) is 11.0. The molecule has 0 radical (unpaired) electrons. The number of fused-ring (bicyclic) bond motifs is 1. The van der Waals surface area contributed by atoms with Crippen molar-refractivity contribution in [2.45, 2.75) is 40.2 Å². The number of ether oxygens (including phenoxy) is 2. The molecule has 0 spiro atoms. The van der Waals surface area contributed by atoms with Gasteiger partial charge in [-0.2, -0.15) is 0 Å². The fourth-order valence-corrected chi connectivity index (χ4v) is 5.43. The van der Waals surface area contributed by atoms with Gasteiger partial charge in [-0.1, -0.05) is 96.1 Å². The largest absolute Gasteiger partial charge is 0.489 e. The van der Waals surface area contributed by atoms with Gasteiger partial charge in [-0.25, -0.2) is 0 Å². The highest BCUT2D eigenvalue weighted by Gasteiger charge is 2.16. The molecule has 45 heavy (non-hydrogen) atoms. The van der Waals surface area contributed by atoms with Gasteiger partial charge in [0, 0.05) is 29.9 Å². The molecule has 6 aromatic rings. The molecule has 1 aromatic heterocycles. The second kappa shape index (κ2) is 13.4. The number of aryl methyl sites for hydroxylation is 2. The van der Waals surface area contributed by atoms with E-state index in [4.69, 9.17) is 9.47 Å². The first-order valence-electron chi connectivity index (χ1n) is 14.9. The molecule has 0 aliphatic rings. The van der Waals surface area contributed by atoms with Gasteiger partial charge >= 0.3 is 11.1 Å². The van der Waals surface area contributed by atoms with Crippen LogP contribution in [-0.2, 0) is 26.3 Å². The summed E-state index contributed by atoms with van der Waals surface area (Å²) in [6.45, 7) is 6.11. The molecule has 0 aliphatic heterocycles. The number of rotatable bonds is 11. The SMILES string of the molecule is Cc1cccc(COc2ccccc2CN(Cc2ccccc2OCc2cccc(C)c2)c2ccc3[nH]c(=O)c(=O)[nH]c3c2)c1. The van der Waals surface area contributed by atoms with Crippen LogP contribution in [0.1, 0.15) is 33.4 Å². The zero-order valence-corrected chi connectivity index (χ0v) is 25.4. The van der Waals surface area contributed by atoms with E-state index in [2.05, 4.69) is 77.2 Å². The molecule has 5 aromatic carbocycles. The van der Waals surface area contributed by atoms with Gasteiger partial charge in [0.25, 0.3) is 0 Å². The van der Waals surface area contributed by atoms with Crippen LogP contribution in [0.3, 0.4) is 0 Å². The lowest BCUT2D eigenvalue weighted by Crippen LogP contribution is -2.29. The van der Waals surface area contributed by atoms with Gasteiger partial charge in [0.05, 0.1) is 11.0 Å². The Hall–Kier alpha value is -5.56. The summed E-state index contributed by atoms with van der Waals surface area (Å²) in [6, 6.07) is 38.4. The summed E-state index contributed by atoms with van der Waals surface area (Å²) < 4.78 is 12.7. The highest BCUT2D eigenvalue weighted by Crippen LogP contribution is 2.30. The summed E-state index contributed by atoms with van der Waals surface area (Å²) >= 11 is 0. The highest BCUT2D eigenvalue weighted by molar-refractivity contribution is 5.78. The van der Waals surface area contributed by atoms with Crippen LogP contribution in [0, 0.1) is 13.8 Å². The van der Waals surface area contributed by atoms with Gasteiger partial charge in [0.15, 0.2) is 0 Å². The molecule has 0 amide bonds. The summed E-state index contributed by atoms with van der Waals surface area (Å²) in [5.41, 5.74) is 7.24. The molecular formula is C38H35N3O4. The van der Waals surface area contributed by atoms with Gasteiger partial charge in [-0.05, 0) is 55.3 Å². The van der Waals surface area contributed by atoms with Crippen molar-refractivity contribution in [3.63, 3.8) is 0 Å². The molecule has 7 nitrogen and oxygen atoms in total. The van der Waals surface area contributed by atoms with Gasteiger partial charge < -0.3 is 24.3 Å². The molecule has 6 rings (SSSR count). The lowest BCUT2D eigenvalue weighted by atomic mass is 10.1. The first-order valence-corrected chi connectivity index (χ1v) is 14.9. The van der Waals surface area contributed by atoms with Crippen LogP contribution in [-0.4, -0.2) is 9.97 Å². The number of para-hydroxylation sites is 2. The number of hydrogen-bond acceptors (Lipinski definition) is 5. The topological polar surface area (TPSA) is 87.4 Å². The van der Waals surface area contributed by atoms with Gasteiger partial charge in [-0.15, -0.1) is 0 Å². The summed E-state index contributed by atoms with van der Waals surface area (Å²) in [5, 5.41) is 0. The third-order valence-corrected chi connectivity index (χ3v) is 7.69. The van der Waals surface area contributed by atoms with Crippen LogP contribution < -0.4 is 25.5 Å². The number of aromatic amines is 2. The lowest BCUT2D eigenvalue weighted by molar-refractivity contribution is 0.301. The van der Waals surface area contributed by atoms with E-state index < -0.39 is 11.1 Å². The average molecular weight is 598 g/mol. The number of hydrogen-bond donors (Lipinski definition) is 2. The van der Waals surface area contributed by atoms with Crippen molar-refractivity contribution in [3.8, 4) is 11.5 Å². The van der Waals surface area contributed by atoms with E-state index in [0.29, 0.717) is 37.3 Å². The van der Waals surface area contributed by atoms with Crippen LogP contribution in [0.15, 0.2) is 125 Å². The van der Waals surface area contributed by atoms with Crippen molar-refractivity contribution in [1.29, 1.82) is 0 Å². The summed E-state index contributed by atoms with van der Waals surface area (Å²) in [7, 11) is 0. The lowest BCUT2D eigenvalue weighted by Gasteiger charge is -2.27. The van der Waals surface area contributed by atoms with E-state index in [0.717, 1.165) is 39.4 Å². The zero-order chi connectivity index (χ0) is 31.2. The van der Waals surface area contributed by atoms with E-state index in [9.17, 15) is 9.59 Å². The predicted octanol–water partition coefficient (Wildman–Crippen LogP) is 7.20. The summed E-state index contributed by atoms with van der Waals surface area (Å²) in [5.74, 6) is 1.60. The highest BCUT2D eigenvalue weighted by atomic mass is 16.5. The van der Waals surface area contributed by atoms with E-state index in [1.165, 1.54) is 11.1 Å². The molecule has 7 heteroatoms. The van der Waals surface area contributed by atoms with Crippen molar-refractivity contribution in [3.05, 3.63) is 169 Å². The van der Waals surface area contributed by atoms with Crippen LogP contribution in [0.2, 0.25) is 0 Å². The second-order valence-corrected chi connectivity index (χ2v) is 11.3. The van der Waals surface area contributed by atoms with Crippen molar-refractivity contribution < 1.29 is 9.47 Å². The molecule has 0 saturated heterocycles. The minimum atomic E-state index is -0.684. The Morgan fingerprint density at radius 1 is 0.556 bits per heavy atom. The third-order valence-electron chi connectivity index (χ3n) is 7.69. The number of aromatic nitrogens is 2. The molecule has 0 atom stereocenters. The molecule has 0 saturated carbocycles. The van der Waals surface area contributed by atoms with Crippen molar-refractivity contribution >= 4 is 16.7 Å². The van der Waals surface area contributed by atoms with E-state index in [-0.39, 0.29) is 0 Å². The summed E-state index contributed by atoms with van der Waals surface area (Å²) in [4.78, 5) is 31.7. The first kappa shape index (κ1) is 29.5. The maximum atomic E-state index is 12.2. The quantitative estimate of drug-likeness (QED) is 0.154. The van der Waals surface area contributed by atoms with E-state index >= 15 is 0 Å². The molecule has 0 fully saturated rings. The number of benzene rings is 5. The Labute approximate surface area is 261 Å². The first-order chi connectivity index (χ1) is 21.9. The Bertz CT molecular complexity index is 1970. The number of anilines is 1. The molecule has 1 heterocycles. The van der Waals surface area contributed by atoms with E-state index in [1.807, 2.05) is 66.7 Å². The minimum Gasteiger partial charge on any atom is -0.489 e. The third kappa shape index (κ3) is 7.33. The van der Waals surface area contributed by atoms with Gasteiger partial charge in [0.2, 0.25) is 0 Å². The minimum absolute atomic E-state index is 0.457. The monoisotopic (exact) mass is 597 g/mol. The molecule has 0 unspecified atom stereocenters. The summed E-state index contributed by atoms with van der Waals surface area (Å²) in [6.07, 6.45) is 0. The van der Waals surface area contributed by atoms with Crippen LogP contribution in [0.25, 0.3) is 11.0 Å². The number of H-pyrrole nitrogens is 2. The van der Waals surface area contributed by atoms with Crippen molar-refractivity contribution in [2.24, 2.45) is 0 Å². The second-order valence-electron chi connectivity index (χ2n) is 11.3. The number of nitrogens with zero attached hydrogens (tertiary/aromatic N) is 1. The van der Waals surface area contributed by atoms with Gasteiger partial charge in [0.1, 0.15) is 24.7 Å². The van der Waals surface area contributed by atoms with Crippen LogP contribution >= 0.6 is 0 Å². The number of nitrogens with one attached hydrogen (secondary N) is 2. The predicted molar refractivity (Wildman–Crippen MR) is 179 cm³/mol. The fourth-order valence-electron chi connectivity index (χ4n) is 5.43. The van der Waals surface area contributed by atoms with E-state index in [1.54, 1.807) is 0 Å². The maximum Gasteiger partial charge on any atom is 0.314 e. The van der Waals surface area contributed by atoms with Gasteiger partial charge in [-0.3, -0.25) is 9.59 Å². The Morgan fingerprint density at radius 2 is 1.07 bits per heavy atom. The molecule has 226 valence electrons. The molecule has 2 N–H and O–H groups in total. The fraction of sp³-hybridized carbons (Fsp3) is 0.158. The molecule has 0 aliphatic carbocycles. The van der Waals surface area contributed by atoms with Crippen LogP contribution in [0.4, 0.5) is 5.69 Å². The van der Waals surface area contributed by atoms with Crippen LogP contribution in [0.5, 0.6) is 11.5 Å². The van der Waals surface area contributed by atoms with Crippen molar-refractivity contribution in [2.75, 3.05) is 4.90 Å². The van der Waals surface area contributed by atoms with Crippen molar-refractivity contribution in [1.82, 2.24) is 9.97 Å².